The van der Waals surface area contributed by atoms with E-state index in [9.17, 15) is 4.79 Å². The molecule has 0 heterocycles. The van der Waals surface area contributed by atoms with Gasteiger partial charge < -0.3 is 4.43 Å². The molecular formula is C4H6O2Si. The molecule has 0 unspecified atom stereocenters. The largest absolute Gasteiger partial charge is 0.528 e. The highest BCUT2D eigenvalue weighted by Gasteiger charge is 1.89. The fourth-order valence-corrected chi connectivity index (χ4v) is 0.300. The second-order valence-electron chi connectivity index (χ2n) is 0.957. The molecule has 38 valence electrons. The molecule has 0 radical (unpaired) electrons. The molecule has 0 aromatic heterocycles. The van der Waals surface area contributed by atoms with E-state index in [1.165, 1.54) is 0 Å². The summed E-state index contributed by atoms with van der Waals surface area (Å²) in [4.78, 5) is 10.1. The molecule has 0 rings (SSSR count). The van der Waals surface area contributed by atoms with Crippen molar-refractivity contribution in [3.05, 3.63) is 0 Å². The minimum atomic E-state index is -0.297. The summed E-state index contributed by atoms with van der Waals surface area (Å²) in [5.74, 6) is 1.87. The van der Waals surface area contributed by atoms with Gasteiger partial charge in [0.25, 0.3) is 0 Å². The molecule has 0 aromatic carbocycles. The zero-order chi connectivity index (χ0) is 5.70. The molecule has 0 aliphatic rings. The van der Waals surface area contributed by atoms with Crippen LogP contribution < -0.4 is 0 Å². The van der Waals surface area contributed by atoms with Crippen molar-refractivity contribution in [2.45, 2.75) is 6.42 Å². The van der Waals surface area contributed by atoms with Crippen molar-refractivity contribution in [2.75, 3.05) is 0 Å². The highest BCUT2D eigenvalue weighted by molar-refractivity contribution is 6.05. The molecule has 2 nitrogen and oxygen atoms in total. The van der Waals surface area contributed by atoms with Gasteiger partial charge in [-0.15, -0.1) is 6.42 Å². The fourth-order valence-electron chi connectivity index (χ4n) is 0.156. The van der Waals surface area contributed by atoms with Gasteiger partial charge in [-0.05, 0) is 0 Å². The molecule has 0 amide bonds. The Morgan fingerprint density at radius 2 is 2.57 bits per heavy atom. The van der Waals surface area contributed by atoms with Gasteiger partial charge in [-0.2, -0.15) is 0 Å². The average molecular weight is 114 g/mol. The normalized spacial score (nSPS) is 7.29. The molecule has 0 aliphatic carbocycles. The molecular weight excluding hydrogens is 108 g/mol. The van der Waals surface area contributed by atoms with E-state index in [0.29, 0.717) is 10.5 Å². The zero-order valence-corrected chi connectivity index (χ0v) is 6.10. The maximum atomic E-state index is 10.1. The maximum absolute atomic E-state index is 10.1. The lowest BCUT2D eigenvalue weighted by Gasteiger charge is -1.88. The molecule has 0 bridgehead atoms. The van der Waals surface area contributed by atoms with Gasteiger partial charge in [0.1, 0.15) is 6.42 Å². The van der Waals surface area contributed by atoms with Crippen LogP contribution in [0.5, 0.6) is 0 Å². The van der Waals surface area contributed by atoms with Gasteiger partial charge in [0.05, 0.1) is 0 Å². The molecule has 0 saturated heterocycles. The average Bonchev–Trinajstić information content (AvgIpc) is 1.68. The first-order chi connectivity index (χ1) is 3.31. The second kappa shape index (κ2) is 3.44. The van der Waals surface area contributed by atoms with Crippen LogP contribution in [0.3, 0.4) is 0 Å². The van der Waals surface area contributed by atoms with Crippen LogP contribution in [0.25, 0.3) is 0 Å². The highest BCUT2D eigenvalue weighted by Crippen LogP contribution is 1.76. The second-order valence-corrected chi connectivity index (χ2v) is 1.37. The number of carbonyl (C=O) groups excluding carboxylic acids is 1. The van der Waals surface area contributed by atoms with Gasteiger partial charge in [0.2, 0.25) is 10.5 Å². The van der Waals surface area contributed by atoms with Crippen LogP contribution in [0.15, 0.2) is 0 Å². The summed E-state index contributed by atoms with van der Waals surface area (Å²) in [5, 5.41) is 0. The van der Waals surface area contributed by atoms with Gasteiger partial charge in [0.15, 0.2) is 0 Å². The van der Waals surface area contributed by atoms with Crippen LogP contribution in [-0.4, -0.2) is 16.5 Å². The van der Waals surface area contributed by atoms with Crippen molar-refractivity contribution in [1.82, 2.24) is 0 Å². The summed E-state index contributed by atoms with van der Waals surface area (Å²) in [6.45, 7) is 0. The van der Waals surface area contributed by atoms with Gasteiger partial charge in [-0.3, -0.25) is 4.79 Å². The Labute approximate surface area is 45.4 Å². The van der Waals surface area contributed by atoms with Gasteiger partial charge in [-0.1, -0.05) is 5.92 Å². The molecule has 0 aromatic rings. The third kappa shape index (κ3) is 3.07. The van der Waals surface area contributed by atoms with Gasteiger partial charge in [-0.25, -0.2) is 0 Å². The molecule has 0 atom stereocenters. The molecule has 0 aliphatic heterocycles. The van der Waals surface area contributed by atoms with Crippen molar-refractivity contribution in [1.29, 1.82) is 0 Å². The van der Waals surface area contributed by atoms with Crippen molar-refractivity contribution in [2.24, 2.45) is 0 Å². The lowest BCUT2D eigenvalue weighted by atomic mass is 10.5. The monoisotopic (exact) mass is 114 g/mol. The molecule has 0 N–H and O–H groups in total. The van der Waals surface area contributed by atoms with E-state index in [4.69, 9.17) is 6.42 Å². The smallest absolute Gasteiger partial charge is 0.303 e. The summed E-state index contributed by atoms with van der Waals surface area (Å²) < 4.78 is 4.35. The highest BCUT2D eigenvalue weighted by atomic mass is 28.2. The predicted molar refractivity (Wildman–Crippen MR) is 29.5 cm³/mol. The minimum absolute atomic E-state index is 0.101. The lowest BCUT2D eigenvalue weighted by Crippen LogP contribution is -1.97. The minimum Gasteiger partial charge on any atom is -0.528 e. The van der Waals surface area contributed by atoms with E-state index < -0.39 is 0 Å². The third-order valence-corrected chi connectivity index (χ3v) is 0.929. The molecule has 0 spiro atoms. The van der Waals surface area contributed by atoms with Crippen LogP contribution in [0.2, 0.25) is 0 Å². The van der Waals surface area contributed by atoms with E-state index in [1.54, 1.807) is 0 Å². The summed E-state index contributed by atoms with van der Waals surface area (Å²) in [5.41, 5.74) is 0. The number of hydrogen-bond acceptors (Lipinski definition) is 2. The summed E-state index contributed by atoms with van der Waals surface area (Å²) in [6.07, 6.45) is 4.87. The van der Waals surface area contributed by atoms with Crippen molar-refractivity contribution in [3.63, 3.8) is 0 Å². The van der Waals surface area contributed by atoms with E-state index in [-0.39, 0.29) is 12.4 Å². The predicted octanol–water partition coefficient (Wildman–Crippen LogP) is -1.17. The van der Waals surface area contributed by atoms with Gasteiger partial charge >= 0.3 is 5.97 Å². The van der Waals surface area contributed by atoms with Crippen LogP contribution >= 0.6 is 0 Å². The number of rotatable bonds is 1. The quantitative estimate of drug-likeness (QED) is 0.317. The van der Waals surface area contributed by atoms with E-state index >= 15 is 0 Å². The Morgan fingerprint density at radius 1 is 2.00 bits per heavy atom. The number of terminal acetylenes is 1. The number of hydrogen-bond donors (Lipinski definition) is 0. The topological polar surface area (TPSA) is 26.3 Å². The Morgan fingerprint density at radius 3 is 2.71 bits per heavy atom. The Hall–Kier alpha value is -0.753. The third-order valence-electron chi connectivity index (χ3n) is 0.474. The number of carbonyl (C=O) groups is 1. The molecule has 7 heavy (non-hydrogen) atoms. The standard InChI is InChI=1S/C4H6O2Si/c1-2-3-4(5)6-7/h1H,3H2,7H3. The molecule has 0 fully saturated rings. The summed E-state index contributed by atoms with van der Waals surface area (Å²) in [7, 11) is 0.442. The van der Waals surface area contributed by atoms with E-state index in [0.717, 1.165) is 0 Å². The maximum Gasteiger partial charge on any atom is 0.303 e. The first-order valence-electron chi connectivity index (χ1n) is 1.81. The van der Waals surface area contributed by atoms with Crippen LogP contribution in [0, 0.1) is 12.3 Å². The van der Waals surface area contributed by atoms with Crippen molar-refractivity contribution < 1.29 is 9.22 Å². The fraction of sp³-hybridized carbons (Fsp3) is 0.250. The van der Waals surface area contributed by atoms with Gasteiger partial charge in [0, 0.05) is 0 Å². The lowest BCUT2D eigenvalue weighted by molar-refractivity contribution is -0.132. The SMILES string of the molecule is C#CCC(=O)O[SiH3]. The molecule has 3 heteroatoms. The zero-order valence-electron chi connectivity index (χ0n) is 4.10. The van der Waals surface area contributed by atoms with Crippen LogP contribution in [-0.2, 0) is 9.22 Å². The summed E-state index contributed by atoms with van der Waals surface area (Å²) >= 11 is 0. The molecule has 0 saturated carbocycles. The summed E-state index contributed by atoms with van der Waals surface area (Å²) in [6, 6.07) is 0. The Bertz CT molecular complexity index is 103. The van der Waals surface area contributed by atoms with Crippen LogP contribution in [0.4, 0.5) is 0 Å². The Balaban J connectivity index is 3.23. The van der Waals surface area contributed by atoms with Crippen molar-refractivity contribution in [3.8, 4) is 12.3 Å². The van der Waals surface area contributed by atoms with E-state index in [1.807, 2.05) is 0 Å². The van der Waals surface area contributed by atoms with Crippen LogP contribution in [0.1, 0.15) is 6.42 Å². The Kier molecular flexibility index (Phi) is 3.07. The first-order valence-corrected chi connectivity index (χ1v) is 2.63. The van der Waals surface area contributed by atoms with E-state index in [2.05, 4.69) is 10.3 Å². The first kappa shape index (κ1) is 6.25. The van der Waals surface area contributed by atoms with Crippen molar-refractivity contribution >= 4 is 16.5 Å².